The van der Waals surface area contributed by atoms with Gasteiger partial charge in [0.05, 0.1) is 5.69 Å². The molecule has 0 radical (unpaired) electrons. The van der Waals surface area contributed by atoms with Crippen molar-refractivity contribution in [1.29, 1.82) is 0 Å². The van der Waals surface area contributed by atoms with Crippen molar-refractivity contribution in [2.75, 3.05) is 5.73 Å². The molecule has 2 aromatic rings. The highest BCUT2D eigenvalue weighted by atomic mass is 19.4. The summed E-state index contributed by atoms with van der Waals surface area (Å²) in [6.45, 7) is 0. The average molecular weight is 305 g/mol. The molecule has 112 valence electrons. The number of hydrogen-bond donors (Lipinski definition) is 1. The molecule has 0 aromatic heterocycles. The van der Waals surface area contributed by atoms with E-state index in [1.807, 2.05) is 0 Å². The van der Waals surface area contributed by atoms with Crippen molar-refractivity contribution in [1.82, 2.24) is 0 Å². The zero-order valence-electron chi connectivity index (χ0n) is 10.2. The van der Waals surface area contributed by atoms with Crippen LogP contribution < -0.4 is 15.2 Å². The van der Waals surface area contributed by atoms with E-state index in [9.17, 15) is 22.0 Å². The summed E-state index contributed by atoms with van der Waals surface area (Å²) in [5.74, 6) is -3.48. The van der Waals surface area contributed by atoms with E-state index in [0.29, 0.717) is 0 Å². The quantitative estimate of drug-likeness (QED) is 0.681. The zero-order valence-corrected chi connectivity index (χ0v) is 10.2. The monoisotopic (exact) mass is 305 g/mol. The van der Waals surface area contributed by atoms with Gasteiger partial charge in [0.1, 0.15) is 11.5 Å². The summed E-state index contributed by atoms with van der Waals surface area (Å²) in [6.07, 6.45) is -4.82. The molecule has 0 heterocycles. The molecule has 0 aliphatic rings. The molecule has 3 nitrogen and oxygen atoms in total. The van der Waals surface area contributed by atoms with Crippen LogP contribution in [-0.4, -0.2) is 6.36 Å². The standard InChI is InChI=1S/C13H8F5NO2/c14-9-5-6-10(19)12(11(9)15)20-7-1-3-8(4-2-7)21-13(16,17)18/h1-6H,19H2. The number of benzene rings is 2. The zero-order chi connectivity index (χ0) is 15.6. The maximum absolute atomic E-state index is 13.5. The molecular formula is C13H8F5NO2. The fourth-order valence-corrected chi connectivity index (χ4v) is 1.48. The van der Waals surface area contributed by atoms with Crippen molar-refractivity contribution in [3.63, 3.8) is 0 Å². The fourth-order valence-electron chi connectivity index (χ4n) is 1.48. The molecule has 2 N–H and O–H groups in total. The van der Waals surface area contributed by atoms with Gasteiger partial charge in [-0.1, -0.05) is 0 Å². The van der Waals surface area contributed by atoms with E-state index >= 15 is 0 Å². The van der Waals surface area contributed by atoms with Crippen LogP contribution in [0.5, 0.6) is 17.2 Å². The predicted molar refractivity (Wildman–Crippen MR) is 64.0 cm³/mol. The number of rotatable bonds is 3. The highest BCUT2D eigenvalue weighted by Gasteiger charge is 2.31. The minimum Gasteiger partial charge on any atom is -0.452 e. The van der Waals surface area contributed by atoms with Crippen molar-refractivity contribution in [3.8, 4) is 17.2 Å². The topological polar surface area (TPSA) is 44.5 Å². The Morgan fingerprint density at radius 1 is 0.857 bits per heavy atom. The molecule has 0 atom stereocenters. The van der Waals surface area contributed by atoms with Gasteiger partial charge in [-0.15, -0.1) is 13.2 Å². The molecule has 0 amide bonds. The maximum Gasteiger partial charge on any atom is 0.573 e. The average Bonchev–Trinajstić information content (AvgIpc) is 2.39. The predicted octanol–water partition coefficient (Wildman–Crippen LogP) is 4.24. The van der Waals surface area contributed by atoms with Crippen LogP contribution in [0.1, 0.15) is 0 Å². The van der Waals surface area contributed by atoms with Gasteiger partial charge in [-0.05, 0) is 36.4 Å². The first-order valence-corrected chi connectivity index (χ1v) is 5.53. The molecule has 2 aromatic carbocycles. The summed E-state index contributed by atoms with van der Waals surface area (Å²) in [6, 6.07) is 6.08. The number of ether oxygens (including phenoxy) is 2. The van der Waals surface area contributed by atoms with Crippen LogP contribution in [0, 0.1) is 11.6 Å². The molecule has 0 saturated heterocycles. The number of nitrogens with two attached hydrogens (primary N) is 1. The summed E-state index contributed by atoms with van der Waals surface area (Å²) in [5.41, 5.74) is 5.30. The molecule has 0 saturated carbocycles. The van der Waals surface area contributed by atoms with Gasteiger partial charge in [-0.3, -0.25) is 0 Å². The Kier molecular flexibility index (Phi) is 3.88. The third-order valence-corrected chi connectivity index (χ3v) is 2.36. The van der Waals surface area contributed by atoms with E-state index in [-0.39, 0.29) is 11.4 Å². The van der Waals surface area contributed by atoms with Crippen LogP contribution in [-0.2, 0) is 0 Å². The fraction of sp³-hybridized carbons (Fsp3) is 0.0769. The molecular weight excluding hydrogens is 297 g/mol. The number of alkyl halides is 3. The van der Waals surface area contributed by atoms with Gasteiger partial charge in [0, 0.05) is 0 Å². The third kappa shape index (κ3) is 3.74. The Morgan fingerprint density at radius 3 is 2.00 bits per heavy atom. The van der Waals surface area contributed by atoms with E-state index in [1.165, 1.54) is 0 Å². The Morgan fingerprint density at radius 2 is 1.43 bits per heavy atom. The summed E-state index contributed by atoms with van der Waals surface area (Å²) >= 11 is 0. The van der Waals surface area contributed by atoms with Gasteiger partial charge in [-0.2, -0.15) is 4.39 Å². The second-order valence-electron chi connectivity index (χ2n) is 3.90. The van der Waals surface area contributed by atoms with E-state index in [4.69, 9.17) is 10.5 Å². The highest BCUT2D eigenvalue weighted by molar-refractivity contribution is 5.55. The van der Waals surface area contributed by atoms with Crippen molar-refractivity contribution >= 4 is 5.69 Å². The number of halogens is 5. The molecule has 0 aliphatic heterocycles. The second-order valence-corrected chi connectivity index (χ2v) is 3.90. The minimum absolute atomic E-state index is 0.0271. The van der Waals surface area contributed by atoms with Crippen LogP contribution in [0.2, 0.25) is 0 Å². The molecule has 2 rings (SSSR count). The Labute approximate surface area is 115 Å². The van der Waals surface area contributed by atoms with Gasteiger partial charge in [0.2, 0.25) is 5.82 Å². The van der Waals surface area contributed by atoms with Gasteiger partial charge < -0.3 is 15.2 Å². The Bertz CT molecular complexity index is 640. The van der Waals surface area contributed by atoms with Crippen molar-refractivity contribution in [2.24, 2.45) is 0 Å². The van der Waals surface area contributed by atoms with E-state index in [0.717, 1.165) is 36.4 Å². The Hall–Kier alpha value is -2.51. The van der Waals surface area contributed by atoms with Crippen LogP contribution in [0.15, 0.2) is 36.4 Å². The van der Waals surface area contributed by atoms with Gasteiger partial charge in [-0.25, -0.2) is 4.39 Å². The highest BCUT2D eigenvalue weighted by Crippen LogP contribution is 2.33. The molecule has 8 heteroatoms. The number of nitrogen functional groups attached to an aromatic ring is 1. The smallest absolute Gasteiger partial charge is 0.452 e. The van der Waals surface area contributed by atoms with Gasteiger partial charge in [0.25, 0.3) is 0 Å². The normalized spacial score (nSPS) is 11.3. The molecule has 0 unspecified atom stereocenters. The first-order valence-electron chi connectivity index (χ1n) is 5.53. The summed E-state index contributed by atoms with van der Waals surface area (Å²) < 4.78 is 71.2. The molecule has 21 heavy (non-hydrogen) atoms. The van der Waals surface area contributed by atoms with E-state index < -0.39 is 29.5 Å². The summed E-state index contributed by atoms with van der Waals surface area (Å²) in [7, 11) is 0. The molecule has 0 fully saturated rings. The second kappa shape index (κ2) is 5.47. The van der Waals surface area contributed by atoms with Gasteiger partial charge >= 0.3 is 6.36 Å². The lowest BCUT2D eigenvalue weighted by atomic mass is 10.2. The lowest BCUT2D eigenvalue weighted by Crippen LogP contribution is -2.16. The van der Waals surface area contributed by atoms with Crippen LogP contribution in [0.4, 0.5) is 27.6 Å². The van der Waals surface area contributed by atoms with Crippen molar-refractivity contribution in [3.05, 3.63) is 48.0 Å². The van der Waals surface area contributed by atoms with Crippen LogP contribution in [0.3, 0.4) is 0 Å². The first-order chi connectivity index (χ1) is 9.76. The van der Waals surface area contributed by atoms with E-state index in [1.54, 1.807) is 0 Å². The van der Waals surface area contributed by atoms with Crippen molar-refractivity contribution < 1.29 is 31.4 Å². The van der Waals surface area contributed by atoms with E-state index in [2.05, 4.69) is 4.74 Å². The number of anilines is 1. The van der Waals surface area contributed by atoms with Gasteiger partial charge in [0.15, 0.2) is 11.6 Å². The van der Waals surface area contributed by atoms with Crippen LogP contribution >= 0.6 is 0 Å². The molecule has 0 aliphatic carbocycles. The lowest BCUT2D eigenvalue weighted by Gasteiger charge is -2.11. The van der Waals surface area contributed by atoms with Crippen molar-refractivity contribution in [2.45, 2.75) is 6.36 Å². The first kappa shape index (κ1) is 14.9. The maximum atomic E-state index is 13.5. The largest absolute Gasteiger partial charge is 0.573 e. The molecule has 0 bridgehead atoms. The van der Waals surface area contributed by atoms with Crippen LogP contribution in [0.25, 0.3) is 0 Å². The minimum atomic E-state index is -4.82. The Balaban J connectivity index is 2.20. The SMILES string of the molecule is Nc1ccc(F)c(F)c1Oc1ccc(OC(F)(F)F)cc1. The third-order valence-electron chi connectivity index (χ3n) is 2.36. The number of hydrogen-bond acceptors (Lipinski definition) is 3. The lowest BCUT2D eigenvalue weighted by molar-refractivity contribution is -0.274. The molecule has 0 spiro atoms. The summed E-state index contributed by atoms with van der Waals surface area (Å²) in [4.78, 5) is 0. The summed E-state index contributed by atoms with van der Waals surface area (Å²) in [5, 5.41) is 0.